The van der Waals surface area contributed by atoms with Crippen molar-refractivity contribution < 1.29 is 4.79 Å². The van der Waals surface area contributed by atoms with Crippen LogP contribution < -0.4 is 16.4 Å². The van der Waals surface area contributed by atoms with E-state index in [1.807, 2.05) is 69.3 Å². The van der Waals surface area contributed by atoms with Crippen LogP contribution in [-0.2, 0) is 5.54 Å². The van der Waals surface area contributed by atoms with E-state index in [1.54, 1.807) is 11.7 Å². The minimum absolute atomic E-state index is 0.0857. The van der Waals surface area contributed by atoms with E-state index in [-0.39, 0.29) is 24.0 Å². The number of nitrogens with two attached hydrogens (primary N) is 1. The molecule has 1 amide bonds. The van der Waals surface area contributed by atoms with Gasteiger partial charge in [-0.25, -0.2) is 9.67 Å². The molecule has 0 atom stereocenters. The highest BCUT2D eigenvalue weighted by Crippen LogP contribution is 2.32. The molecule has 0 unspecified atom stereocenters. The van der Waals surface area contributed by atoms with Crippen LogP contribution in [0.5, 0.6) is 0 Å². The largest absolute Gasteiger partial charge is 0.384 e. The van der Waals surface area contributed by atoms with Crippen LogP contribution in [0.3, 0.4) is 0 Å². The Hall–Kier alpha value is -4.27. The van der Waals surface area contributed by atoms with Gasteiger partial charge in [-0.2, -0.15) is 5.10 Å². The van der Waals surface area contributed by atoms with E-state index in [4.69, 9.17) is 16.2 Å². The zero-order valence-corrected chi connectivity index (χ0v) is 19.7. The third-order valence-corrected chi connectivity index (χ3v) is 5.65. The molecule has 9 heteroatoms. The van der Waals surface area contributed by atoms with E-state index in [0.717, 1.165) is 16.6 Å². The Kier molecular flexibility index (Phi) is 6.02. The number of fused-ring (bicyclic) bond motifs is 1. The standard InChI is InChI=1S/C25H28N8O/c1-15-9-11-16(12-10-15)21-20(22(26)27)23(28-4)33(32-21)25(2,3)14-30-24(34)19-13-29-17-7-5-6-8-18(17)31-19/h5-13,28H,14H2,1-4H3,(H3,26,27)(H,30,34). The second-order valence-corrected chi connectivity index (χ2v) is 8.75. The summed E-state index contributed by atoms with van der Waals surface area (Å²) in [5.41, 5.74) is 10.1. The van der Waals surface area contributed by atoms with Crippen molar-refractivity contribution in [2.75, 3.05) is 18.9 Å². The Bertz CT molecular complexity index is 1370. The van der Waals surface area contributed by atoms with E-state index in [9.17, 15) is 4.79 Å². The van der Waals surface area contributed by atoms with E-state index < -0.39 is 5.54 Å². The van der Waals surface area contributed by atoms with Gasteiger partial charge in [0.1, 0.15) is 23.0 Å². The van der Waals surface area contributed by atoms with Crippen LogP contribution in [0.4, 0.5) is 5.82 Å². The number of hydrogen-bond donors (Lipinski definition) is 4. The van der Waals surface area contributed by atoms with Crippen molar-refractivity contribution in [1.29, 1.82) is 5.41 Å². The molecule has 4 rings (SSSR count). The van der Waals surface area contributed by atoms with Gasteiger partial charge >= 0.3 is 0 Å². The maximum atomic E-state index is 12.8. The van der Waals surface area contributed by atoms with Gasteiger partial charge in [0.25, 0.3) is 5.91 Å². The lowest BCUT2D eigenvalue weighted by molar-refractivity contribution is 0.0931. The first-order valence-corrected chi connectivity index (χ1v) is 10.9. The van der Waals surface area contributed by atoms with E-state index in [0.29, 0.717) is 22.6 Å². The average molecular weight is 457 g/mol. The minimum Gasteiger partial charge on any atom is -0.384 e. The Morgan fingerprint density at radius 3 is 2.44 bits per heavy atom. The van der Waals surface area contributed by atoms with Crippen LogP contribution in [0.25, 0.3) is 22.3 Å². The number of rotatable bonds is 7. The summed E-state index contributed by atoms with van der Waals surface area (Å²) < 4.78 is 1.77. The van der Waals surface area contributed by atoms with Crippen LogP contribution in [-0.4, -0.2) is 45.1 Å². The minimum atomic E-state index is -0.647. The summed E-state index contributed by atoms with van der Waals surface area (Å²) >= 11 is 0. The number of nitrogens with one attached hydrogen (secondary N) is 3. The topological polar surface area (TPSA) is 135 Å². The summed E-state index contributed by atoms with van der Waals surface area (Å²) in [6, 6.07) is 15.3. The average Bonchev–Trinajstić information content (AvgIpc) is 3.24. The van der Waals surface area contributed by atoms with E-state index >= 15 is 0 Å². The molecule has 0 aliphatic rings. The molecule has 2 aromatic heterocycles. The number of amidine groups is 1. The van der Waals surface area contributed by atoms with Crippen molar-refractivity contribution in [3.8, 4) is 11.3 Å². The Labute approximate surface area is 197 Å². The summed E-state index contributed by atoms with van der Waals surface area (Å²) in [7, 11) is 1.76. The number of aryl methyl sites for hydroxylation is 1. The third-order valence-electron chi connectivity index (χ3n) is 5.65. The second kappa shape index (κ2) is 8.93. The predicted molar refractivity (Wildman–Crippen MR) is 134 cm³/mol. The van der Waals surface area contributed by atoms with Gasteiger partial charge in [0.05, 0.1) is 28.3 Å². The zero-order chi connectivity index (χ0) is 24.5. The Morgan fingerprint density at radius 2 is 1.79 bits per heavy atom. The smallest absolute Gasteiger partial charge is 0.271 e. The van der Waals surface area contributed by atoms with Crippen molar-refractivity contribution in [1.82, 2.24) is 25.1 Å². The molecule has 2 aromatic carbocycles. The summed E-state index contributed by atoms with van der Waals surface area (Å²) in [4.78, 5) is 21.6. The van der Waals surface area contributed by atoms with Gasteiger partial charge in [0.2, 0.25) is 0 Å². The first-order chi connectivity index (χ1) is 16.2. The molecule has 9 nitrogen and oxygen atoms in total. The highest BCUT2D eigenvalue weighted by Gasteiger charge is 2.30. The van der Waals surface area contributed by atoms with Crippen LogP contribution in [0, 0.1) is 12.3 Å². The molecule has 5 N–H and O–H groups in total. The highest BCUT2D eigenvalue weighted by molar-refractivity contribution is 6.05. The molecule has 0 saturated heterocycles. The first-order valence-electron chi connectivity index (χ1n) is 10.9. The lowest BCUT2D eigenvalue weighted by atomic mass is 10.0. The number of benzene rings is 2. The summed E-state index contributed by atoms with van der Waals surface area (Å²) in [5, 5.41) is 19.1. The van der Waals surface area contributed by atoms with Crippen molar-refractivity contribution in [2.45, 2.75) is 26.3 Å². The molecule has 0 radical (unpaired) electrons. The third kappa shape index (κ3) is 4.32. The molecule has 2 heterocycles. The normalized spacial score (nSPS) is 11.4. The predicted octanol–water partition coefficient (Wildman–Crippen LogP) is 3.29. The number of carbonyl (C=O) groups excluding carboxylic acids is 1. The van der Waals surface area contributed by atoms with Gasteiger partial charge < -0.3 is 16.4 Å². The van der Waals surface area contributed by atoms with E-state index in [2.05, 4.69) is 20.6 Å². The number of nitrogen functional groups attached to an aromatic ring is 1. The van der Waals surface area contributed by atoms with Gasteiger partial charge in [0.15, 0.2) is 0 Å². The fourth-order valence-corrected chi connectivity index (χ4v) is 3.78. The van der Waals surface area contributed by atoms with Gasteiger partial charge in [-0.15, -0.1) is 0 Å². The summed E-state index contributed by atoms with van der Waals surface area (Å²) in [6.07, 6.45) is 1.47. The number of carbonyl (C=O) groups is 1. The van der Waals surface area contributed by atoms with Gasteiger partial charge in [-0.3, -0.25) is 15.2 Å². The number of amides is 1. The molecule has 0 saturated carbocycles. The number of hydrogen-bond acceptors (Lipinski definition) is 6. The van der Waals surface area contributed by atoms with Gasteiger partial charge in [0, 0.05) is 19.2 Å². The van der Waals surface area contributed by atoms with Crippen molar-refractivity contribution >= 4 is 28.6 Å². The van der Waals surface area contributed by atoms with E-state index in [1.165, 1.54) is 6.20 Å². The van der Waals surface area contributed by atoms with Crippen LogP contribution in [0.15, 0.2) is 54.7 Å². The molecule has 0 aliphatic carbocycles. The molecule has 0 spiro atoms. The first kappa shape index (κ1) is 22.9. The van der Waals surface area contributed by atoms with Crippen LogP contribution >= 0.6 is 0 Å². The number of anilines is 1. The SMILES string of the molecule is CNc1c(C(=N)N)c(-c2ccc(C)cc2)nn1C(C)(C)CNC(=O)c1cnc2ccccc2n1. The second-order valence-electron chi connectivity index (χ2n) is 8.75. The molecular weight excluding hydrogens is 428 g/mol. The molecule has 0 aliphatic heterocycles. The fraction of sp³-hybridized carbons (Fsp3) is 0.240. The summed E-state index contributed by atoms with van der Waals surface area (Å²) in [5.74, 6) is 0.195. The molecule has 0 bridgehead atoms. The van der Waals surface area contributed by atoms with Crippen LogP contribution in [0.2, 0.25) is 0 Å². The maximum absolute atomic E-state index is 12.8. The lowest BCUT2D eigenvalue weighted by Crippen LogP contribution is -2.42. The quantitative estimate of drug-likeness (QED) is 0.249. The van der Waals surface area contributed by atoms with Crippen molar-refractivity contribution in [2.24, 2.45) is 5.73 Å². The number of nitrogens with zero attached hydrogens (tertiary/aromatic N) is 4. The monoisotopic (exact) mass is 456 g/mol. The molecule has 174 valence electrons. The summed E-state index contributed by atoms with van der Waals surface area (Å²) in [6.45, 7) is 6.19. The number of para-hydroxylation sites is 2. The Balaban J connectivity index is 1.64. The van der Waals surface area contributed by atoms with Crippen molar-refractivity contribution in [3.05, 3.63) is 71.5 Å². The fourth-order valence-electron chi connectivity index (χ4n) is 3.78. The Morgan fingerprint density at radius 1 is 1.12 bits per heavy atom. The van der Waals surface area contributed by atoms with Crippen molar-refractivity contribution in [3.63, 3.8) is 0 Å². The molecule has 34 heavy (non-hydrogen) atoms. The molecule has 4 aromatic rings. The highest BCUT2D eigenvalue weighted by atomic mass is 16.1. The zero-order valence-electron chi connectivity index (χ0n) is 19.7. The molecular formula is C25H28N8O. The van der Waals surface area contributed by atoms with Gasteiger partial charge in [-0.1, -0.05) is 42.0 Å². The molecule has 0 fully saturated rings. The maximum Gasteiger partial charge on any atom is 0.271 e. The van der Waals surface area contributed by atoms with Gasteiger partial charge in [-0.05, 0) is 32.9 Å². The lowest BCUT2D eigenvalue weighted by Gasteiger charge is -2.27. The van der Waals surface area contributed by atoms with Crippen LogP contribution in [0.1, 0.15) is 35.5 Å². The number of aromatic nitrogens is 4.